The zero-order valence-electron chi connectivity index (χ0n) is 26.7. The number of furan rings is 1. The van der Waals surface area contributed by atoms with E-state index in [2.05, 4.69) is 142 Å². The Balaban J connectivity index is 1.15. The van der Waals surface area contributed by atoms with Gasteiger partial charge in [-0.25, -0.2) is 0 Å². The van der Waals surface area contributed by atoms with Crippen molar-refractivity contribution in [2.24, 2.45) is 0 Å². The molecule has 5 heteroatoms. The molecule has 0 unspecified atom stereocenters. The molecule has 4 aromatic heterocycles. The number of para-hydroxylation sites is 3. The second kappa shape index (κ2) is 10.3. The van der Waals surface area contributed by atoms with Gasteiger partial charge in [0.05, 0.1) is 22.2 Å². The van der Waals surface area contributed by atoms with Crippen molar-refractivity contribution in [2.75, 3.05) is 0 Å². The molecule has 0 bridgehead atoms. The summed E-state index contributed by atoms with van der Waals surface area (Å²) >= 11 is 0. The van der Waals surface area contributed by atoms with Gasteiger partial charge in [-0.05, 0) is 65.7 Å². The van der Waals surface area contributed by atoms with Crippen LogP contribution in [0.5, 0.6) is 0 Å². The normalized spacial score (nSPS) is 12.0. The molecule has 0 saturated heterocycles. The van der Waals surface area contributed by atoms with Crippen molar-refractivity contribution in [3.05, 3.63) is 164 Å². The first-order chi connectivity index (χ1) is 24.8. The zero-order valence-corrected chi connectivity index (χ0v) is 26.7. The van der Waals surface area contributed by atoms with Gasteiger partial charge in [0.1, 0.15) is 16.9 Å². The summed E-state index contributed by atoms with van der Waals surface area (Å²) in [6.07, 6.45) is 0. The fourth-order valence-electron chi connectivity index (χ4n) is 7.78. The molecular formula is C45H27N3O2. The fraction of sp³-hybridized carbons (Fsp3) is 0. The predicted molar refractivity (Wildman–Crippen MR) is 203 cm³/mol. The molecule has 7 aromatic carbocycles. The van der Waals surface area contributed by atoms with Crippen molar-refractivity contribution in [3.63, 3.8) is 0 Å². The van der Waals surface area contributed by atoms with E-state index in [1.54, 1.807) is 0 Å². The smallest absolute Gasteiger partial charge is 0.307 e. The van der Waals surface area contributed by atoms with Gasteiger partial charge in [-0.15, -0.1) is 0 Å². The Morgan fingerprint density at radius 2 is 1.14 bits per heavy atom. The Kier molecular flexibility index (Phi) is 5.60. The van der Waals surface area contributed by atoms with E-state index < -0.39 is 0 Å². The first-order valence-electron chi connectivity index (χ1n) is 16.8. The molecule has 0 spiro atoms. The van der Waals surface area contributed by atoms with Gasteiger partial charge >= 0.3 is 5.84 Å². The molecule has 0 radical (unpaired) electrons. The zero-order chi connectivity index (χ0) is 32.8. The van der Waals surface area contributed by atoms with Gasteiger partial charge in [0.2, 0.25) is 0 Å². The third kappa shape index (κ3) is 3.86. The summed E-state index contributed by atoms with van der Waals surface area (Å²) in [4.78, 5) is 5.19. The average molecular weight is 642 g/mol. The van der Waals surface area contributed by atoms with E-state index in [-0.39, 0.29) is 0 Å². The van der Waals surface area contributed by atoms with Gasteiger partial charge in [-0.1, -0.05) is 109 Å². The Bertz CT molecular complexity index is 3090. The summed E-state index contributed by atoms with van der Waals surface area (Å²) in [6, 6.07) is 57.3. The molecule has 0 aliphatic heterocycles. The standard InChI is InChI=1S/C45H27N3O2/c1-3-12-28(13-4-1)44-43(34-18-11-21-41-42(34)33-17-8-10-20-39(33)49-41)46-45-48(44)38-27-30(23-25-40(38)50-45)29-22-24-37-35(26-29)32-16-7-9-19-36(32)47(37)31-14-5-2-6-15-31/h1-27H. The van der Waals surface area contributed by atoms with Gasteiger partial charge in [0, 0.05) is 38.4 Å². The highest BCUT2D eigenvalue weighted by atomic mass is 16.4. The highest BCUT2D eigenvalue weighted by Crippen LogP contribution is 2.43. The van der Waals surface area contributed by atoms with E-state index in [1.165, 1.54) is 21.8 Å². The maximum atomic E-state index is 6.49. The first-order valence-corrected chi connectivity index (χ1v) is 16.8. The molecule has 0 fully saturated rings. The summed E-state index contributed by atoms with van der Waals surface area (Å²) < 4.78 is 17.3. The van der Waals surface area contributed by atoms with Crippen LogP contribution < -0.4 is 0 Å². The Morgan fingerprint density at radius 3 is 2.02 bits per heavy atom. The molecule has 0 amide bonds. The van der Waals surface area contributed by atoms with Crippen LogP contribution in [0.4, 0.5) is 0 Å². The number of aromatic nitrogens is 3. The van der Waals surface area contributed by atoms with Gasteiger partial charge in [-0.3, -0.25) is 4.40 Å². The minimum Gasteiger partial charge on any atom is -0.456 e. The van der Waals surface area contributed by atoms with Crippen molar-refractivity contribution in [1.82, 2.24) is 14.0 Å². The van der Waals surface area contributed by atoms with Crippen LogP contribution in [-0.2, 0) is 0 Å². The number of hydrogen-bond donors (Lipinski definition) is 0. The van der Waals surface area contributed by atoms with Crippen molar-refractivity contribution in [3.8, 4) is 39.3 Å². The number of fused-ring (bicyclic) bond motifs is 9. The van der Waals surface area contributed by atoms with Crippen LogP contribution in [-0.4, -0.2) is 14.0 Å². The van der Waals surface area contributed by atoms with Crippen LogP contribution in [0.3, 0.4) is 0 Å². The Labute approximate surface area is 285 Å². The van der Waals surface area contributed by atoms with Crippen LogP contribution in [0.2, 0.25) is 0 Å². The maximum Gasteiger partial charge on any atom is 0.307 e. The fourth-order valence-corrected chi connectivity index (χ4v) is 7.78. The Morgan fingerprint density at radius 1 is 0.440 bits per heavy atom. The summed E-state index contributed by atoms with van der Waals surface area (Å²) in [5, 5.41) is 4.56. The lowest BCUT2D eigenvalue weighted by Gasteiger charge is -2.09. The van der Waals surface area contributed by atoms with Crippen LogP contribution >= 0.6 is 0 Å². The SMILES string of the molecule is c1ccc(-c2c(-c3cccc4oc5ccccc5c34)nc3oc4ccc(-c5ccc6c(c5)c5ccccc5n6-c5ccccc5)cc4n23)cc1. The molecule has 0 atom stereocenters. The topological polar surface area (TPSA) is 48.5 Å². The molecule has 0 aliphatic rings. The van der Waals surface area contributed by atoms with Crippen molar-refractivity contribution >= 4 is 60.7 Å². The molecule has 0 saturated carbocycles. The monoisotopic (exact) mass is 641 g/mol. The first kappa shape index (κ1) is 27.1. The second-order valence-electron chi connectivity index (χ2n) is 12.8. The summed E-state index contributed by atoms with van der Waals surface area (Å²) in [6.45, 7) is 0. The van der Waals surface area contributed by atoms with Crippen LogP contribution in [0, 0.1) is 0 Å². The number of benzene rings is 7. The van der Waals surface area contributed by atoms with Crippen LogP contribution in [0.25, 0.3) is 100 Å². The molecule has 0 N–H and O–H groups in total. The molecular weight excluding hydrogens is 615 g/mol. The lowest BCUT2D eigenvalue weighted by molar-refractivity contribution is 0.642. The number of rotatable bonds is 4. The third-order valence-corrected chi connectivity index (χ3v) is 9.97. The molecule has 4 heterocycles. The predicted octanol–water partition coefficient (Wildman–Crippen LogP) is 12.1. The van der Waals surface area contributed by atoms with Crippen molar-refractivity contribution in [1.29, 1.82) is 0 Å². The van der Waals surface area contributed by atoms with Crippen LogP contribution in [0.15, 0.2) is 173 Å². The van der Waals surface area contributed by atoms with Crippen molar-refractivity contribution < 1.29 is 8.83 Å². The lowest BCUT2D eigenvalue weighted by atomic mass is 9.99. The summed E-state index contributed by atoms with van der Waals surface area (Å²) in [5.41, 5.74) is 13.1. The average Bonchev–Trinajstić information content (AvgIpc) is 3.93. The third-order valence-electron chi connectivity index (χ3n) is 9.97. The minimum absolute atomic E-state index is 0.553. The quantitative estimate of drug-likeness (QED) is 0.192. The highest BCUT2D eigenvalue weighted by molar-refractivity contribution is 6.14. The molecule has 5 nitrogen and oxygen atoms in total. The molecule has 0 aliphatic carbocycles. The van der Waals surface area contributed by atoms with E-state index in [4.69, 9.17) is 13.8 Å². The van der Waals surface area contributed by atoms with Crippen molar-refractivity contribution in [2.45, 2.75) is 0 Å². The van der Waals surface area contributed by atoms with E-state index in [9.17, 15) is 0 Å². The molecule has 50 heavy (non-hydrogen) atoms. The van der Waals surface area contributed by atoms with E-state index >= 15 is 0 Å². The largest absolute Gasteiger partial charge is 0.456 e. The molecule has 234 valence electrons. The molecule has 11 aromatic rings. The van der Waals surface area contributed by atoms with E-state index in [0.717, 1.165) is 72.4 Å². The lowest BCUT2D eigenvalue weighted by Crippen LogP contribution is -1.92. The highest BCUT2D eigenvalue weighted by Gasteiger charge is 2.24. The van der Waals surface area contributed by atoms with Gasteiger partial charge in [0.25, 0.3) is 0 Å². The van der Waals surface area contributed by atoms with Gasteiger partial charge < -0.3 is 13.4 Å². The minimum atomic E-state index is 0.553. The van der Waals surface area contributed by atoms with E-state index in [0.29, 0.717) is 5.84 Å². The number of imidazole rings is 1. The van der Waals surface area contributed by atoms with Crippen LogP contribution in [0.1, 0.15) is 0 Å². The van der Waals surface area contributed by atoms with E-state index in [1.807, 2.05) is 30.3 Å². The number of nitrogens with zero attached hydrogens (tertiary/aromatic N) is 3. The molecule has 11 rings (SSSR count). The number of hydrogen-bond acceptors (Lipinski definition) is 3. The maximum absolute atomic E-state index is 6.49. The summed E-state index contributed by atoms with van der Waals surface area (Å²) in [5.74, 6) is 0.553. The van der Waals surface area contributed by atoms with Gasteiger partial charge in [0.15, 0.2) is 5.58 Å². The second-order valence-corrected chi connectivity index (χ2v) is 12.8. The van der Waals surface area contributed by atoms with Gasteiger partial charge in [-0.2, -0.15) is 4.98 Å². The Hall–Kier alpha value is -6.85. The number of oxazole rings is 1. The summed E-state index contributed by atoms with van der Waals surface area (Å²) in [7, 11) is 0.